The Bertz CT molecular complexity index is 748. The summed E-state index contributed by atoms with van der Waals surface area (Å²) in [6.07, 6.45) is 0. The molecule has 4 heteroatoms. The van der Waals surface area contributed by atoms with Gasteiger partial charge in [0.1, 0.15) is 0 Å². The molecule has 0 spiro atoms. The molecule has 0 saturated heterocycles. The second kappa shape index (κ2) is 6.75. The molecule has 4 nitrogen and oxygen atoms in total. The molecule has 118 valence electrons. The summed E-state index contributed by atoms with van der Waals surface area (Å²) in [6.45, 7) is 4.86. The fourth-order valence-corrected chi connectivity index (χ4v) is 2.74. The van der Waals surface area contributed by atoms with Crippen LogP contribution in [0.5, 0.6) is 0 Å². The highest BCUT2D eigenvalue weighted by Crippen LogP contribution is 2.31. The van der Waals surface area contributed by atoms with Gasteiger partial charge in [-0.3, -0.25) is 0 Å². The molecule has 0 amide bonds. The van der Waals surface area contributed by atoms with Crippen LogP contribution in [0.25, 0.3) is 11.4 Å². The van der Waals surface area contributed by atoms with Gasteiger partial charge in [0.05, 0.1) is 5.92 Å². The summed E-state index contributed by atoms with van der Waals surface area (Å²) in [5, 5.41) is 4.15. The number of nitrogens with zero attached hydrogens (tertiary/aromatic N) is 2. The first-order valence-corrected chi connectivity index (χ1v) is 7.87. The minimum Gasteiger partial charge on any atom is -0.338 e. The van der Waals surface area contributed by atoms with Crippen LogP contribution in [0.15, 0.2) is 59.1 Å². The van der Waals surface area contributed by atoms with Crippen LogP contribution in [0.3, 0.4) is 0 Å². The highest BCUT2D eigenvalue weighted by atomic mass is 16.5. The SMILES string of the molecule is CC(C)C(c1ccccc1)c1nc(-c2ccc(CN)cc2)no1. The molecule has 0 radical (unpaired) electrons. The summed E-state index contributed by atoms with van der Waals surface area (Å²) in [7, 11) is 0. The maximum Gasteiger partial charge on any atom is 0.234 e. The van der Waals surface area contributed by atoms with Gasteiger partial charge in [-0.15, -0.1) is 0 Å². The molecule has 0 saturated carbocycles. The quantitative estimate of drug-likeness (QED) is 0.774. The fourth-order valence-electron chi connectivity index (χ4n) is 2.74. The van der Waals surface area contributed by atoms with Gasteiger partial charge in [-0.05, 0) is 17.0 Å². The van der Waals surface area contributed by atoms with E-state index in [9.17, 15) is 0 Å². The van der Waals surface area contributed by atoms with Crippen molar-refractivity contribution in [2.24, 2.45) is 11.7 Å². The molecule has 2 N–H and O–H groups in total. The number of nitrogens with two attached hydrogens (primary N) is 1. The third-order valence-electron chi connectivity index (χ3n) is 3.98. The van der Waals surface area contributed by atoms with Crippen LogP contribution in [0.4, 0.5) is 0 Å². The third kappa shape index (κ3) is 3.32. The Morgan fingerprint density at radius 3 is 2.30 bits per heavy atom. The summed E-state index contributed by atoms with van der Waals surface area (Å²) in [6, 6.07) is 18.2. The van der Waals surface area contributed by atoms with Crippen molar-refractivity contribution >= 4 is 0 Å². The summed E-state index contributed by atoms with van der Waals surface area (Å²) < 4.78 is 5.57. The van der Waals surface area contributed by atoms with Crippen LogP contribution in [0.1, 0.15) is 36.8 Å². The lowest BCUT2D eigenvalue weighted by Gasteiger charge is -2.16. The van der Waals surface area contributed by atoms with E-state index in [-0.39, 0.29) is 5.92 Å². The summed E-state index contributed by atoms with van der Waals surface area (Å²) in [5.41, 5.74) is 8.84. The van der Waals surface area contributed by atoms with Crippen molar-refractivity contribution in [1.29, 1.82) is 0 Å². The van der Waals surface area contributed by atoms with Gasteiger partial charge >= 0.3 is 0 Å². The molecule has 0 aliphatic rings. The maximum absolute atomic E-state index is 5.63. The summed E-state index contributed by atoms with van der Waals surface area (Å²) in [5.74, 6) is 1.74. The average Bonchev–Trinajstić information content (AvgIpc) is 3.05. The molecule has 0 fully saturated rings. The van der Waals surface area contributed by atoms with E-state index in [4.69, 9.17) is 10.3 Å². The van der Waals surface area contributed by atoms with Crippen molar-refractivity contribution < 1.29 is 4.52 Å². The van der Waals surface area contributed by atoms with E-state index in [1.54, 1.807) is 0 Å². The zero-order valence-electron chi connectivity index (χ0n) is 13.4. The predicted octanol–water partition coefficient (Wildman–Crippen LogP) is 3.98. The lowest BCUT2D eigenvalue weighted by molar-refractivity contribution is 0.341. The molecular formula is C19H21N3O. The molecule has 3 rings (SSSR count). The van der Waals surface area contributed by atoms with Crippen LogP contribution in [0.2, 0.25) is 0 Å². The van der Waals surface area contributed by atoms with Gasteiger partial charge in [-0.25, -0.2) is 0 Å². The Labute approximate surface area is 136 Å². The minimum atomic E-state index is 0.0979. The zero-order valence-corrected chi connectivity index (χ0v) is 13.4. The zero-order chi connectivity index (χ0) is 16.2. The number of aromatic nitrogens is 2. The van der Waals surface area contributed by atoms with Gasteiger partial charge in [0.15, 0.2) is 0 Å². The van der Waals surface area contributed by atoms with E-state index in [1.807, 2.05) is 42.5 Å². The van der Waals surface area contributed by atoms with Gasteiger partial charge in [-0.1, -0.05) is 73.6 Å². The first kappa shape index (κ1) is 15.4. The van der Waals surface area contributed by atoms with Gasteiger partial charge < -0.3 is 10.3 Å². The van der Waals surface area contributed by atoms with Crippen molar-refractivity contribution in [3.05, 3.63) is 71.6 Å². The maximum atomic E-state index is 5.63. The molecule has 3 aromatic rings. The standard InChI is InChI=1S/C19H21N3O/c1-13(2)17(15-6-4-3-5-7-15)19-21-18(22-23-19)16-10-8-14(12-20)9-11-16/h3-11,13,17H,12,20H2,1-2H3. The molecule has 1 unspecified atom stereocenters. The number of hydrogen-bond donors (Lipinski definition) is 1. The van der Waals surface area contributed by atoms with E-state index in [2.05, 4.69) is 36.1 Å². The smallest absolute Gasteiger partial charge is 0.234 e. The van der Waals surface area contributed by atoms with Crippen molar-refractivity contribution in [3.63, 3.8) is 0 Å². The van der Waals surface area contributed by atoms with Crippen LogP contribution in [-0.2, 0) is 6.54 Å². The Balaban J connectivity index is 1.92. The van der Waals surface area contributed by atoms with E-state index in [0.717, 1.165) is 11.1 Å². The molecule has 2 aromatic carbocycles. The first-order valence-electron chi connectivity index (χ1n) is 7.87. The fraction of sp³-hybridized carbons (Fsp3) is 0.263. The van der Waals surface area contributed by atoms with Crippen molar-refractivity contribution in [2.45, 2.75) is 26.3 Å². The van der Waals surface area contributed by atoms with Crippen LogP contribution >= 0.6 is 0 Å². The van der Waals surface area contributed by atoms with Gasteiger partial charge in [0.2, 0.25) is 11.7 Å². The summed E-state index contributed by atoms with van der Waals surface area (Å²) >= 11 is 0. The van der Waals surface area contributed by atoms with Gasteiger partial charge in [-0.2, -0.15) is 4.98 Å². The van der Waals surface area contributed by atoms with E-state index in [0.29, 0.717) is 24.2 Å². The molecule has 1 atom stereocenters. The molecular weight excluding hydrogens is 286 g/mol. The van der Waals surface area contributed by atoms with Gasteiger partial charge in [0.25, 0.3) is 0 Å². The molecule has 23 heavy (non-hydrogen) atoms. The molecule has 0 aliphatic carbocycles. The van der Waals surface area contributed by atoms with Crippen molar-refractivity contribution in [2.75, 3.05) is 0 Å². The summed E-state index contributed by atoms with van der Waals surface area (Å²) in [4.78, 5) is 4.62. The van der Waals surface area contributed by atoms with Crippen LogP contribution < -0.4 is 5.73 Å². The Morgan fingerprint density at radius 1 is 1.00 bits per heavy atom. The Kier molecular flexibility index (Phi) is 4.53. The predicted molar refractivity (Wildman–Crippen MR) is 90.7 cm³/mol. The average molecular weight is 307 g/mol. The largest absolute Gasteiger partial charge is 0.338 e. The van der Waals surface area contributed by atoms with Crippen molar-refractivity contribution in [1.82, 2.24) is 10.1 Å². The highest BCUT2D eigenvalue weighted by molar-refractivity contribution is 5.54. The number of hydrogen-bond acceptors (Lipinski definition) is 4. The van der Waals surface area contributed by atoms with Gasteiger partial charge in [0, 0.05) is 12.1 Å². The Hall–Kier alpha value is -2.46. The number of rotatable bonds is 5. The monoisotopic (exact) mass is 307 g/mol. The lowest BCUT2D eigenvalue weighted by Crippen LogP contribution is -2.08. The molecule has 0 aliphatic heterocycles. The van der Waals surface area contributed by atoms with E-state index >= 15 is 0 Å². The molecule has 1 aromatic heterocycles. The second-order valence-corrected chi connectivity index (χ2v) is 5.99. The van der Waals surface area contributed by atoms with E-state index in [1.165, 1.54) is 5.56 Å². The minimum absolute atomic E-state index is 0.0979. The van der Waals surface area contributed by atoms with Crippen LogP contribution in [-0.4, -0.2) is 10.1 Å². The highest BCUT2D eigenvalue weighted by Gasteiger charge is 2.24. The number of benzene rings is 2. The normalized spacial score (nSPS) is 12.5. The second-order valence-electron chi connectivity index (χ2n) is 5.99. The van der Waals surface area contributed by atoms with Crippen molar-refractivity contribution in [3.8, 4) is 11.4 Å². The molecule has 0 bridgehead atoms. The first-order chi connectivity index (χ1) is 11.2. The lowest BCUT2D eigenvalue weighted by atomic mass is 9.88. The third-order valence-corrected chi connectivity index (χ3v) is 3.98. The topological polar surface area (TPSA) is 64.9 Å². The molecule has 1 heterocycles. The Morgan fingerprint density at radius 2 is 1.70 bits per heavy atom. The van der Waals surface area contributed by atoms with Crippen LogP contribution in [0, 0.1) is 5.92 Å². The van der Waals surface area contributed by atoms with E-state index < -0.39 is 0 Å².